The van der Waals surface area contributed by atoms with Gasteiger partial charge in [0.15, 0.2) is 0 Å². The molecule has 0 radical (unpaired) electrons. The number of alkyl carbamates (subject to hydrolysis) is 1. The zero-order valence-corrected chi connectivity index (χ0v) is 21.3. The maximum Gasteiger partial charge on any atom is 0.407 e. The Bertz CT molecular complexity index is 1180. The third kappa shape index (κ3) is 8.15. The Balaban J connectivity index is 1.77. The Labute approximate surface area is 213 Å². The molecule has 3 aromatic rings. The van der Waals surface area contributed by atoms with E-state index in [4.69, 9.17) is 4.74 Å². The van der Waals surface area contributed by atoms with E-state index in [1.165, 1.54) is 16.4 Å². The first kappa shape index (κ1) is 27.3. The second kappa shape index (κ2) is 13.2. The maximum atomic E-state index is 13.4. The Hall–Kier alpha value is -3.27. The molecule has 0 aliphatic rings. The van der Waals surface area contributed by atoms with Gasteiger partial charge in [-0.1, -0.05) is 68.4 Å². The van der Waals surface area contributed by atoms with Crippen molar-refractivity contribution >= 4 is 16.1 Å². The number of benzene rings is 2. The van der Waals surface area contributed by atoms with E-state index in [1.54, 1.807) is 42.7 Å². The van der Waals surface area contributed by atoms with Crippen molar-refractivity contribution in [2.45, 2.75) is 43.9 Å². The molecule has 1 aromatic heterocycles. The lowest BCUT2D eigenvalue weighted by molar-refractivity contribution is 0.0873. The van der Waals surface area contributed by atoms with Gasteiger partial charge in [0.1, 0.15) is 6.61 Å². The van der Waals surface area contributed by atoms with Gasteiger partial charge >= 0.3 is 6.09 Å². The molecular weight excluding hydrogens is 478 g/mol. The number of pyridine rings is 1. The number of nitrogens with zero attached hydrogens (tertiary/aromatic N) is 2. The summed E-state index contributed by atoms with van der Waals surface area (Å²) < 4.78 is 33.3. The fraction of sp³-hybridized carbons (Fsp3) is 0.333. The Morgan fingerprint density at radius 3 is 2.22 bits per heavy atom. The van der Waals surface area contributed by atoms with Crippen molar-refractivity contribution in [3.05, 3.63) is 96.3 Å². The average Bonchev–Trinajstić information content (AvgIpc) is 2.88. The molecule has 3 rings (SSSR count). The molecule has 0 saturated carbocycles. The van der Waals surface area contributed by atoms with Crippen molar-refractivity contribution in [3.63, 3.8) is 0 Å². The first-order valence-corrected chi connectivity index (χ1v) is 13.3. The highest BCUT2D eigenvalue weighted by molar-refractivity contribution is 7.89. The van der Waals surface area contributed by atoms with Crippen molar-refractivity contribution in [3.8, 4) is 0 Å². The molecule has 192 valence electrons. The molecule has 0 bridgehead atoms. The van der Waals surface area contributed by atoms with E-state index in [1.807, 2.05) is 44.2 Å². The third-order valence-electron chi connectivity index (χ3n) is 5.50. The average molecular weight is 512 g/mol. The molecule has 0 fully saturated rings. The summed E-state index contributed by atoms with van der Waals surface area (Å²) in [4.78, 5) is 16.8. The molecule has 2 unspecified atom stereocenters. The zero-order valence-electron chi connectivity index (χ0n) is 20.5. The zero-order chi connectivity index (χ0) is 26.0. The van der Waals surface area contributed by atoms with Gasteiger partial charge in [-0.25, -0.2) is 13.2 Å². The van der Waals surface area contributed by atoms with Crippen LogP contribution in [-0.2, 0) is 27.8 Å². The second-order valence-electron chi connectivity index (χ2n) is 8.97. The summed E-state index contributed by atoms with van der Waals surface area (Å²) in [5.74, 6) is 0.0284. The lowest BCUT2D eigenvalue weighted by atomic mass is 10.0. The smallest absolute Gasteiger partial charge is 0.407 e. The molecule has 2 aromatic carbocycles. The maximum absolute atomic E-state index is 13.4. The number of hydrogen-bond donors (Lipinski definition) is 2. The van der Waals surface area contributed by atoms with Crippen molar-refractivity contribution in [2.24, 2.45) is 5.92 Å². The fourth-order valence-electron chi connectivity index (χ4n) is 3.73. The normalized spacial score (nSPS) is 13.4. The van der Waals surface area contributed by atoms with Crippen LogP contribution in [0.25, 0.3) is 0 Å². The summed E-state index contributed by atoms with van der Waals surface area (Å²) in [6.45, 7) is 3.88. The van der Waals surface area contributed by atoms with E-state index < -0.39 is 28.3 Å². The van der Waals surface area contributed by atoms with E-state index in [9.17, 15) is 18.3 Å². The number of sulfonamides is 1. The van der Waals surface area contributed by atoms with Crippen molar-refractivity contribution < 1.29 is 23.1 Å². The number of hydrogen-bond acceptors (Lipinski definition) is 6. The Morgan fingerprint density at radius 2 is 1.61 bits per heavy atom. The lowest BCUT2D eigenvalue weighted by Gasteiger charge is -2.30. The number of carbonyl (C=O) groups is 1. The standard InChI is InChI=1S/C27H33N3O5S/c1-21(2)18-30(36(33,34)24-13-7-4-8-14-24)19-26(31)25(16-22-10-5-3-6-11-22)29-27(32)35-20-23-12-9-15-28-17-23/h3-15,17,21,25-26,31H,16,18-20H2,1-2H3,(H,29,32). The highest BCUT2D eigenvalue weighted by Gasteiger charge is 2.31. The van der Waals surface area contributed by atoms with Gasteiger partial charge < -0.3 is 15.2 Å². The van der Waals surface area contributed by atoms with Crippen LogP contribution in [0, 0.1) is 5.92 Å². The minimum absolute atomic E-state index is 0.0235. The van der Waals surface area contributed by atoms with Crippen LogP contribution in [0.2, 0.25) is 0 Å². The molecule has 0 aliphatic heterocycles. The van der Waals surface area contributed by atoms with Crippen LogP contribution >= 0.6 is 0 Å². The molecule has 0 aliphatic carbocycles. The predicted molar refractivity (Wildman–Crippen MR) is 138 cm³/mol. The summed E-state index contributed by atoms with van der Waals surface area (Å²) in [5.41, 5.74) is 1.61. The van der Waals surface area contributed by atoms with Gasteiger partial charge in [0.25, 0.3) is 0 Å². The number of aliphatic hydroxyl groups is 1. The van der Waals surface area contributed by atoms with Gasteiger partial charge in [0.2, 0.25) is 10.0 Å². The molecule has 1 amide bonds. The van der Waals surface area contributed by atoms with Crippen LogP contribution in [0.15, 0.2) is 90.1 Å². The van der Waals surface area contributed by atoms with Gasteiger partial charge in [-0.2, -0.15) is 4.31 Å². The van der Waals surface area contributed by atoms with E-state index >= 15 is 0 Å². The minimum atomic E-state index is -3.85. The van der Waals surface area contributed by atoms with Gasteiger partial charge in [-0.05, 0) is 36.1 Å². The quantitative estimate of drug-likeness (QED) is 0.384. The second-order valence-corrected chi connectivity index (χ2v) is 10.9. The van der Waals surface area contributed by atoms with E-state index in [-0.39, 0.29) is 30.5 Å². The molecule has 36 heavy (non-hydrogen) atoms. The SMILES string of the molecule is CC(C)CN(CC(O)C(Cc1ccccc1)NC(=O)OCc1cccnc1)S(=O)(=O)c1ccccc1. The Morgan fingerprint density at radius 1 is 0.972 bits per heavy atom. The van der Waals surface area contributed by atoms with Gasteiger partial charge in [-0.3, -0.25) is 4.98 Å². The monoisotopic (exact) mass is 511 g/mol. The highest BCUT2D eigenvalue weighted by atomic mass is 32.2. The molecule has 1 heterocycles. The predicted octanol–water partition coefficient (Wildman–Crippen LogP) is 3.63. The molecular formula is C27H33N3O5S. The number of aromatic nitrogens is 1. The topological polar surface area (TPSA) is 109 Å². The van der Waals surface area contributed by atoms with Crippen LogP contribution in [0.3, 0.4) is 0 Å². The van der Waals surface area contributed by atoms with Gasteiger partial charge in [-0.15, -0.1) is 0 Å². The minimum Gasteiger partial charge on any atom is -0.445 e. The van der Waals surface area contributed by atoms with Crippen LogP contribution in [-0.4, -0.2) is 54.1 Å². The van der Waals surface area contributed by atoms with Crippen LogP contribution in [0.1, 0.15) is 25.0 Å². The van der Waals surface area contributed by atoms with Crippen molar-refractivity contribution in [1.29, 1.82) is 0 Å². The van der Waals surface area contributed by atoms with Crippen LogP contribution in [0.4, 0.5) is 4.79 Å². The molecule has 8 nitrogen and oxygen atoms in total. The summed E-state index contributed by atoms with van der Waals surface area (Å²) >= 11 is 0. The number of nitrogens with one attached hydrogen (secondary N) is 1. The molecule has 0 saturated heterocycles. The first-order valence-electron chi connectivity index (χ1n) is 11.8. The van der Waals surface area contributed by atoms with Crippen LogP contribution in [0.5, 0.6) is 0 Å². The van der Waals surface area contributed by atoms with E-state index in [0.717, 1.165) is 11.1 Å². The summed E-state index contributed by atoms with van der Waals surface area (Å²) in [6, 6.07) is 20.3. The van der Waals surface area contributed by atoms with E-state index in [2.05, 4.69) is 10.3 Å². The number of ether oxygens (including phenoxy) is 1. The van der Waals surface area contributed by atoms with Gasteiger partial charge in [0, 0.05) is 31.0 Å². The summed E-state index contributed by atoms with van der Waals surface area (Å²) in [7, 11) is -3.85. The highest BCUT2D eigenvalue weighted by Crippen LogP contribution is 2.19. The first-order chi connectivity index (χ1) is 17.3. The molecule has 9 heteroatoms. The van der Waals surface area contributed by atoms with Crippen molar-refractivity contribution in [2.75, 3.05) is 13.1 Å². The number of carbonyl (C=O) groups excluding carboxylic acids is 1. The summed E-state index contributed by atoms with van der Waals surface area (Å²) in [6.07, 6.45) is 1.63. The molecule has 0 spiro atoms. The largest absolute Gasteiger partial charge is 0.445 e. The van der Waals surface area contributed by atoms with Gasteiger partial charge in [0.05, 0.1) is 17.0 Å². The van der Waals surface area contributed by atoms with Crippen LogP contribution < -0.4 is 5.32 Å². The summed E-state index contributed by atoms with van der Waals surface area (Å²) in [5, 5.41) is 13.9. The Kier molecular flexibility index (Phi) is 9.98. The number of amides is 1. The molecule has 2 N–H and O–H groups in total. The van der Waals surface area contributed by atoms with E-state index in [0.29, 0.717) is 6.42 Å². The fourth-order valence-corrected chi connectivity index (χ4v) is 5.37. The molecule has 2 atom stereocenters. The van der Waals surface area contributed by atoms with Crippen molar-refractivity contribution in [1.82, 2.24) is 14.6 Å². The third-order valence-corrected chi connectivity index (χ3v) is 7.35. The lowest BCUT2D eigenvalue weighted by Crippen LogP contribution is -2.51. The number of aliphatic hydroxyl groups excluding tert-OH is 1. The number of rotatable bonds is 12.